The van der Waals surface area contributed by atoms with E-state index in [0.29, 0.717) is 18.2 Å². The zero-order valence-electron chi connectivity index (χ0n) is 14.2. The Morgan fingerprint density at radius 3 is 2.54 bits per heavy atom. The van der Waals surface area contributed by atoms with Crippen molar-refractivity contribution in [3.05, 3.63) is 66.8 Å². The Balaban J connectivity index is 1.63. The van der Waals surface area contributed by atoms with Gasteiger partial charge in [0.15, 0.2) is 0 Å². The van der Waals surface area contributed by atoms with E-state index in [1.807, 2.05) is 31.2 Å². The normalized spacial score (nSPS) is 11.3. The molecule has 0 aliphatic heterocycles. The first kappa shape index (κ1) is 18.0. The average molecular weight is 373 g/mol. The topological polar surface area (TPSA) is 93.5 Å². The minimum atomic E-state index is -3.65. The fourth-order valence-corrected chi connectivity index (χ4v) is 3.16. The molecule has 0 unspecified atom stereocenters. The van der Waals surface area contributed by atoms with Crippen LogP contribution in [0.4, 0.5) is 11.5 Å². The van der Waals surface area contributed by atoms with Gasteiger partial charge < -0.3 is 14.5 Å². The maximum Gasteiger partial charge on any atom is 0.242 e. The van der Waals surface area contributed by atoms with Crippen LogP contribution in [0.3, 0.4) is 0 Å². The van der Waals surface area contributed by atoms with Gasteiger partial charge in [0.1, 0.15) is 22.2 Å². The van der Waals surface area contributed by atoms with Gasteiger partial charge in [0.05, 0.1) is 19.4 Å². The van der Waals surface area contributed by atoms with Crippen LogP contribution in [0.5, 0.6) is 5.75 Å². The van der Waals surface area contributed by atoms with Crippen LogP contribution in [0.2, 0.25) is 0 Å². The Kier molecular flexibility index (Phi) is 5.55. The molecule has 0 aliphatic carbocycles. The fourth-order valence-electron chi connectivity index (χ4n) is 2.22. The average Bonchev–Trinajstić information content (AvgIpc) is 3.16. The lowest BCUT2D eigenvalue weighted by molar-refractivity contribution is 0.340. The Hall–Kier alpha value is -2.84. The van der Waals surface area contributed by atoms with E-state index in [2.05, 4.69) is 15.0 Å². The van der Waals surface area contributed by atoms with Crippen molar-refractivity contribution < 1.29 is 17.6 Å². The van der Waals surface area contributed by atoms with Crippen LogP contribution < -0.4 is 14.8 Å². The first-order chi connectivity index (χ1) is 12.6. The summed E-state index contributed by atoms with van der Waals surface area (Å²) in [7, 11) is -3.65. The molecule has 3 aromatic rings. The lowest BCUT2D eigenvalue weighted by atomic mass is 10.3. The Morgan fingerprint density at radius 1 is 1.12 bits per heavy atom. The van der Waals surface area contributed by atoms with E-state index < -0.39 is 10.0 Å². The fraction of sp³-hybridized carbons (Fsp3) is 0.167. The Labute approximate surface area is 152 Å². The number of benzene rings is 1. The third kappa shape index (κ3) is 4.62. The lowest BCUT2D eigenvalue weighted by Gasteiger charge is -2.09. The number of rotatable bonds is 8. The second-order valence-corrected chi connectivity index (χ2v) is 7.13. The van der Waals surface area contributed by atoms with Gasteiger partial charge in [-0.1, -0.05) is 0 Å². The van der Waals surface area contributed by atoms with Gasteiger partial charge in [-0.2, -0.15) is 0 Å². The number of aromatic nitrogens is 1. The molecule has 0 spiro atoms. The van der Waals surface area contributed by atoms with Crippen LogP contribution in [0.25, 0.3) is 0 Å². The largest absolute Gasteiger partial charge is 0.494 e. The van der Waals surface area contributed by atoms with Crippen LogP contribution in [0, 0.1) is 0 Å². The maximum absolute atomic E-state index is 12.3. The van der Waals surface area contributed by atoms with Crippen molar-refractivity contribution >= 4 is 21.5 Å². The predicted molar refractivity (Wildman–Crippen MR) is 97.9 cm³/mol. The lowest BCUT2D eigenvalue weighted by Crippen LogP contribution is -2.23. The first-order valence-corrected chi connectivity index (χ1v) is 9.53. The molecule has 0 amide bonds. The van der Waals surface area contributed by atoms with Crippen LogP contribution in [0.1, 0.15) is 12.7 Å². The van der Waals surface area contributed by atoms with Gasteiger partial charge in [-0.3, -0.25) is 0 Å². The van der Waals surface area contributed by atoms with Gasteiger partial charge in [0, 0.05) is 11.9 Å². The molecule has 8 heteroatoms. The summed E-state index contributed by atoms with van der Waals surface area (Å²) in [6.07, 6.45) is 2.80. The molecule has 2 aromatic heterocycles. The van der Waals surface area contributed by atoms with E-state index >= 15 is 0 Å². The van der Waals surface area contributed by atoms with Gasteiger partial charge in [0.2, 0.25) is 10.0 Å². The van der Waals surface area contributed by atoms with E-state index in [9.17, 15) is 8.42 Å². The second-order valence-electron chi connectivity index (χ2n) is 5.37. The number of anilines is 2. The summed E-state index contributed by atoms with van der Waals surface area (Å²) in [6, 6.07) is 13.9. The number of pyridine rings is 1. The quantitative estimate of drug-likeness (QED) is 0.629. The standard InChI is InChI=1S/C18H19N3O4S/c1-2-24-15-7-5-14(6-8-15)21-18-10-9-17(13-19-18)26(22,23)20-12-16-4-3-11-25-16/h3-11,13,20H,2,12H2,1H3,(H,19,21). The first-order valence-electron chi connectivity index (χ1n) is 8.05. The number of hydrogen-bond acceptors (Lipinski definition) is 6. The molecule has 7 nitrogen and oxygen atoms in total. The molecule has 0 saturated heterocycles. The minimum absolute atomic E-state index is 0.0845. The third-order valence-electron chi connectivity index (χ3n) is 3.50. The molecular weight excluding hydrogens is 354 g/mol. The van der Waals surface area contributed by atoms with Crippen molar-refractivity contribution in [2.45, 2.75) is 18.4 Å². The molecule has 2 N–H and O–H groups in total. The Bertz CT molecular complexity index is 922. The summed E-state index contributed by atoms with van der Waals surface area (Å²) in [4.78, 5) is 4.24. The number of nitrogens with one attached hydrogen (secondary N) is 2. The Morgan fingerprint density at radius 2 is 1.92 bits per heavy atom. The van der Waals surface area contributed by atoms with Crippen molar-refractivity contribution in [3.8, 4) is 5.75 Å². The van der Waals surface area contributed by atoms with Crippen LogP contribution >= 0.6 is 0 Å². The van der Waals surface area contributed by atoms with E-state index in [-0.39, 0.29) is 11.4 Å². The van der Waals surface area contributed by atoms with Crippen LogP contribution in [0.15, 0.2) is 70.3 Å². The highest BCUT2D eigenvalue weighted by atomic mass is 32.2. The summed E-state index contributed by atoms with van der Waals surface area (Å²) in [5, 5.41) is 3.11. The summed E-state index contributed by atoms with van der Waals surface area (Å²) in [6.45, 7) is 2.62. The zero-order chi connectivity index (χ0) is 18.4. The molecule has 26 heavy (non-hydrogen) atoms. The van der Waals surface area contributed by atoms with Crippen molar-refractivity contribution in [1.29, 1.82) is 0 Å². The summed E-state index contributed by atoms with van der Waals surface area (Å²) in [5.74, 6) is 1.87. The summed E-state index contributed by atoms with van der Waals surface area (Å²) < 4.78 is 37.5. The molecule has 0 saturated carbocycles. The molecular formula is C18H19N3O4S. The van der Waals surface area contributed by atoms with Gasteiger partial charge in [-0.05, 0) is 55.5 Å². The SMILES string of the molecule is CCOc1ccc(Nc2ccc(S(=O)(=O)NCc3ccco3)cn2)cc1. The van der Waals surface area contributed by atoms with E-state index in [0.717, 1.165) is 11.4 Å². The van der Waals surface area contributed by atoms with Gasteiger partial charge in [-0.25, -0.2) is 18.1 Å². The summed E-state index contributed by atoms with van der Waals surface area (Å²) >= 11 is 0. The van der Waals surface area contributed by atoms with Crippen molar-refractivity contribution in [3.63, 3.8) is 0 Å². The van der Waals surface area contributed by atoms with Gasteiger partial charge in [0.25, 0.3) is 0 Å². The zero-order valence-corrected chi connectivity index (χ0v) is 15.0. The van der Waals surface area contributed by atoms with E-state index in [1.165, 1.54) is 18.5 Å². The van der Waals surface area contributed by atoms with E-state index in [4.69, 9.17) is 9.15 Å². The highest BCUT2D eigenvalue weighted by Crippen LogP contribution is 2.20. The minimum Gasteiger partial charge on any atom is -0.494 e. The van der Waals surface area contributed by atoms with Crippen molar-refractivity contribution in [2.75, 3.05) is 11.9 Å². The van der Waals surface area contributed by atoms with Crippen molar-refractivity contribution in [1.82, 2.24) is 9.71 Å². The van der Waals surface area contributed by atoms with E-state index in [1.54, 1.807) is 18.2 Å². The second kappa shape index (κ2) is 8.03. The number of furan rings is 1. The van der Waals surface area contributed by atoms with Crippen LogP contribution in [-0.2, 0) is 16.6 Å². The van der Waals surface area contributed by atoms with Gasteiger partial charge in [-0.15, -0.1) is 0 Å². The smallest absolute Gasteiger partial charge is 0.242 e. The monoisotopic (exact) mass is 373 g/mol. The molecule has 0 fully saturated rings. The molecule has 0 bridgehead atoms. The molecule has 0 aliphatic rings. The third-order valence-corrected chi connectivity index (χ3v) is 4.89. The highest BCUT2D eigenvalue weighted by Gasteiger charge is 2.15. The van der Waals surface area contributed by atoms with Crippen molar-refractivity contribution in [2.24, 2.45) is 0 Å². The maximum atomic E-state index is 12.3. The number of hydrogen-bond donors (Lipinski definition) is 2. The number of nitrogens with zero attached hydrogens (tertiary/aromatic N) is 1. The predicted octanol–water partition coefficient (Wildman–Crippen LogP) is 3.30. The molecule has 2 heterocycles. The molecule has 3 rings (SSSR count). The number of sulfonamides is 1. The highest BCUT2D eigenvalue weighted by molar-refractivity contribution is 7.89. The number of ether oxygens (including phenoxy) is 1. The molecule has 0 radical (unpaired) electrons. The van der Waals surface area contributed by atoms with Gasteiger partial charge >= 0.3 is 0 Å². The molecule has 0 atom stereocenters. The molecule has 1 aromatic carbocycles. The summed E-state index contributed by atoms with van der Waals surface area (Å²) in [5.41, 5.74) is 0.826. The van der Waals surface area contributed by atoms with Crippen LogP contribution in [-0.4, -0.2) is 20.0 Å². The molecule has 136 valence electrons.